The highest BCUT2D eigenvalue weighted by Crippen LogP contribution is 2.44. The van der Waals surface area contributed by atoms with E-state index in [4.69, 9.17) is 0 Å². The Morgan fingerprint density at radius 2 is 1.95 bits per heavy atom. The van der Waals surface area contributed by atoms with Crippen molar-refractivity contribution in [3.8, 4) is 0 Å². The van der Waals surface area contributed by atoms with Crippen molar-refractivity contribution < 1.29 is 29.4 Å². The molecular formula is C13H13NO6. The number of aliphatic carboxylic acids is 2. The highest BCUT2D eigenvalue weighted by molar-refractivity contribution is 6.02. The van der Waals surface area contributed by atoms with Gasteiger partial charge in [0.2, 0.25) is 11.8 Å². The molecule has 1 saturated heterocycles. The fourth-order valence-electron chi connectivity index (χ4n) is 2.78. The van der Waals surface area contributed by atoms with Crippen molar-refractivity contribution in [2.24, 2.45) is 17.3 Å². The van der Waals surface area contributed by atoms with Crippen LogP contribution in [0.5, 0.6) is 0 Å². The smallest absolute Gasteiger partial charge is 0.315 e. The first-order valence-electron chi connectivity index (χ1n) is 6.05. The van der Waals surface area contributed by atoms with Gasteiger partial charge in [-0.15, -0.1) is 0 Å². The van der Waals surface area contributed by atoms with E-state index in [0.717, 1.165) is 0 Å². The molecule has 1 aliphatic carbocycles. The maximum atomic E-state index is 11.9. The molecule has 0 aromatic carbocycles. The molecule has 0 saturated carbocycles. The number of carboxylic acid groups (broad SMARTS) is 2. The van der Waals surface area contributed by atoms with Gasteiger partial charge in [-0.25, -0.2) is 0 Å². The molecule has 3 unspecified atom stereocenters. The van der Waals surface area contributed by atoms with E-state index in [2.05, 4.69) is 5.32 Å². The Morgan fingerprint density at radius 1 is 1.25 bits per heavy atom. The Kier molecular flexibility index (Phi) is 3.44. The van der Waals surface area contributed by atoms with E-state index >= 15 is 0 Å². The van der Waals surface area contributed by atoms with Crippen molar-refractivity contribution >= 4 is 23.8 Å². The lowest BCUT2D eigenvalue weighted by Gasteiger charge is -2.39. The van der Waals surface area contributed by atoms with Crippen molar-refractivity contribution in [2.45, 2.75) is 12.8 Å². The molecule has 20 heavy (non-hydrogen) atoms. The highest BCUT2D eigenvalue weighted by atomic mass is 16.4. The number of hydrogen-bond acceptors (Lipinski definition) is 4. The molecule has 0 aromatic rings. The van der Waals surface area contributed by atoms with Crippen molar-refractivity contribution in [1.29, 1.82) is 0 Å². The van der Waals surface area contributed by atoms with Gasteiger partial charge in [0.25, 0.3) is 0 Å². The quantitative estimate of drug-likeness (QED) is 0.622. The molecule has 2 aliphatic rings. The summed E-state index contributed by atoms with van der Waals surface area (Å²) >= 11 is 0. The third kappa shape index (κ3) is 2.01. The summed E-state index contributed by atoms with van der Waals surface area (Å²) in [7, 11) is 0. The maximum Gasteiger partial charge on any atom is 0.315 e. The van der Waals surface area contributed by atoms with Gasteiger partial charge in [-0.2, -0.15) is 0 Å². The predicted molar refractivity (Wildman–Crippen MR) is 65.3 cm³/mol. The molecule has 1 aliphatic heterocycles. The Labute approximate surface area is 114 Å². The van der Waals surface area contributed by atoms with Crippen LogP contribution in [0.4, 0.5) is 0 Å². The molecule has 1 heterocycles. The minimum atomic E-state index is -1.87. The molecule has 3 atom stereocenters. The van der Waals surface area contributed by atoms with Crippen molar-refractivity contribution in [2.75, 3.05) is 0 Å². The molecule has 7 nitrogen and oxygen atoms in total. The number of piperidine rings is 1. The SMILES string of the molecule is O=C1CCC(C2(C(=O)O)C=CC=CC2C(=O)O)C(=O)N1. The number of amides is 2. The van der Waals surface area contributed by atoms with E-state index in [1.54, 1.807) is 0 Å². The molecule has 0 spiro atoms. The number of nitrogens with one attached hydrogen (secondary N) is 1. The van der Waals surface area contributed by atoms with E-state index in [0.29, 0.717) is 0 Å². The Hall–Kier alpha value is -2.44. The van der Waals surface area contributed by atoms with Crippen molar-refractivity contribution in [3.05, 3.63) is 24.3 Å². The lowest BCUT2D eigenvalue weighted by molar-refractivity contribution is -0.164. The van der Waals surface area contributed by atoms with Crippen LogP contribution in [0.3, 0.4) is 0 Å². The molecule has 0 radical (unpaired) electrons. The van der Waals surface area contributed by atoms with Crippen LogP contribution < -0.4 is 5.32 Å². The number of carboxylic acids is 2. The summed E-state index contributed by atoms with van der Waals surface area (Å²) in [6, 6.07) is 0. The summed E-state index contributed by atoms with van der Waals surface area (Å²) in [5.41, 5.74) is -1.87. The molecule has 106 valence electrons. The number of carbonyl (C=O) groups excluding carboxylic acids is 2. The zero-order valence-electron chi connectivity index (χ0n) is 10.4. The topological polar surface area (TPSA) is 121 Å². The zero-order chi connectivity index (χ0) is 14.9. The minimum absolute atomic E-state index is 0.00463. The standard InChI is InChI=1S/C13H13NO6/c15-9-5-4-7(10(16)14-9)13(12(19)20)6-2-1-3-8(13)11(17)18/h1-3,6-8H,4-5H2,(H,17,18)(H,19,20)(H,14,15,16). The van der Waals surface area contributed by atoms with Gasteiger partial charge in [-0.05, 0) is 6.42 Å². The summed E-state index contributed by atoms with van der Waals surface area (Å²) in [5.74, 6) is -6.38. The first kappa shape index (κ1) is 14.0. The zero-order valence-corrected chi connectivity index (χ0v) is 10.4. The van der Waals surface area contributed by atoms with Gasteiger partial charge < -0.3 is 10.2 Å². The molecule has 0 aromatic heterocycles. The molecule has 1 fully saturated rings. The Morgan fingerprint density at radius 3 is 2.50 bits per heavy atom. The third-order valence-corrected chi connectivity index (χ3v) is 3.75. The van der Waals surface area contributed by atoms with Crippen LogP contribution in [0.1, 0.15) is 12.8 Å². The fraction of sp³-hybridized carbons (Fsp3) is 0.385. The second-order valence-corrected chi connectivity index (χ2v) is 4.80. The van der Waals surface area contributed by atoms with E-state index < -0.39 is 41.0 Å². The van der Waals surface area contributed by atoms with Gasteiger partial charge in [-0.1, -0.05) is 24.3 Å². The van der Waals surface area contributed by atoms with Gasteiger partial charge in [0.1, 0.15) is 5.41 Å². The molecule has 3 N–H and O–H groups in total. The van der Waals surface area contributed by atoms with Gasteiger partial charge in [0.15, 0.2) is 0 Å². The lowest BCUT2D eigenvalue weighted by Crippen LogP contribution is -2.55. The van der Waals surface area contributed by atoms with E-state index in [9.17, 15) is 29.4 Å². The van der Waals surface area contributed by atoms with Gasteiger partial charge in [0, 0.05) is 6.42 Å². The summed E-state index contributed by atoms with van der Waals surface area (Å²) in [5, 5.41) is 20.8. The van der Waals surface area contributed by atoms with Crippen molar-refractivity contribution in [1.82, 2.24) is 5.32 Å². The van der Waals surface area contributed by atoms with Crippen LogP contribution in [0.15, 0.2) is 24.3 Å². The molecule has 2 amide bonds. The van der Waals surface area contributed by atoms with Crippen LogP contribution in [-0.4, -0.2) is 34.0 Å². The molecule has 7 heteroatoms. The number of rotatable bonds is 3. The van der Waals surface area contributed by atoms with Gasteiger partial charge in [-0.3, -0.25) is 24.5 Å². The highest BCUT2D eigenvalue weighted by Gasteiger charge is 2.56. The second kappa shape index (κ2) is 4.92. The van der Waals surface area contributed by atoms with Crippen LogP contribution in [-0.2, 0) is 19.2 Å². The normalized spacial score (nSPS) is 32.8. The van der Waals surface area contributed by atoms with Crippen LogP contribution in [0.25, 0.3) is 0 Å². The second-order valence-electron chi connectivity index (χ2n) is 4.80. The summed E-state index contributed by atoms with van der Waals surface area (Å²) in [4.78, 5) is 46.1. The number of allylic oxidation sites excluding steroid dienone is 2. The summed E-state index contributed by atoms with van der Waals surface area (Å²) in [6.07, 6.45) is 5.34. The van der Waals surface area contributed by atoms with Gasteiger partial charge in [0.05, 0.1) is 11.8 Å². The Bertz CT molecular complexity index is 549. The fourth-order valence-corrected chi connectivity index (χ4v) is 2.78. The Balaban J connectivity index is 2.49. The van der Waals surface area contributed by atoms with Gasteiger partial charge >= 0.3 is 11.9 Å². The number of imide groups is 1. The van der Waals surface area contributed by atoms with Crippen LogP contribution in [0.2, 0.25) is 0 Å². The summed E-state index contributed by atoms with van der Waals surface area (Å²) < 4.78 is 0. The van der Waals surface area contributed by atoms with Crippen molar-refractivity contribution in [3.63, 3.8) is 0 Å². The van der Waals surface area contributed by atoms with Crippen LogP contribution in [0, 0.1) is 17.3 Å². The summed E-state index contributed by atoms with van der Waals surface area (Å²) in [6.45, 7) is 0. The first-order chi connectivity index (χ1) is 9.39. The lowest BCUT2D eigenvalue weighted by atomic mass is 9.62. The predicted octanol–water partition coefficient (Wildman–Crippen LogP) is -0.0630. The number of hydrogen-bond donors (Lipinski definition) is 3. The minimum Gasteiger partial charge on any atom is -0.481 e. The maximum absolute atomic E-state index is 11.9. The monoisotopic (exact) mass is 279 g/mol. The average molecular weight is 279 g/mol. The average Bonchev–Trinajstić information content (AvgIpc) is 2.38. The molecule has 2 rings (SSSR count). The molecule has 0 bridgehead atoms. The van der Waals surface area contributed by atoms with E-state index in [1.807, 2.05) is 0 Å². The van der Waals surface area contributed by atoms with Crippen LogP contribution >= 0.6 is 0 Å². The van der Waals surface area contributed by atoms with E-state index in [1.165, 1.54) is 24.3 Å². The first-order valence-corrected chi connectivity index (χ1v) is 6.05. The van der Waals surface area contributed by atoms with E-state index in [-0.39, 0.29) is 12.8 Å². The third-order valence-electron chi connectivity index (χ3n) is 3.75. The molecular weight excluding hydrogens is 266 g/mol. The number of carbonyl (C=O) groups is 4. The largest absolute Gasteiger partial charge is 0.481 e.